The molecule has 1 aromatic rings. The van der Waals surface area contributed by atoms with E-state index >= 15 is 0 Å². The molecule has 0 aliphatic carbocycles. The van der Waals surface area contributed by atoms with Crippen LogP contribution in [0, 0.1) is 7.05 Å². The maximum Gasteiger partial charge on any atom is 0.0340 e. The lowest BCUT2D eigenvalue weighted by Gasteiger charge is -1.93. The molecule has 0 fully saturated rings. The SMILES string of the molecule is [CH2]Nc1ccccc1. The van der Waals surface area contributed by atoms with Crippen molar-refractivity contribution in [3.63, 3.8) is 0 Å². The van der Waals surface area contributed by atoms with E-state index < -0.39 is 0 Å². The van der Waals surface area contributed by atoms with Crippen LogP contribution in [0.5, 0.6) is 0 Å². The van der Waals surface area contributed by atoms with Gasteiger partial charge in [-0.3, -0.25) is 0 Å². The van der Waals surface area contributed by atoms with Gasteiger partial charge in [-0.2, -0.15) is 0 Å². The Labute approximate surface area is 49.3 Å². The topological polar surface area (TPSA) is 12.0 Å². The lowest BCUT2D eigenvalue weighted by molar-refractivity contribution is 1.59. The molecule has 1 radical (unpaired) electrons. The molecule has 1 nitrogen and oxygen atoms in total. The molecule has 8 heavy (non-hydrogen) atoms. The Morgan fingerprint density at radius 1 is 1.12 bits per heavy atom. The van der Waals surface area contributed by atoms with Gasteiger partial charge in [0.1, 0.15) is 0 Å². The van der Waals surface area contributed by atoms with Crippen LogP contribution in [0.2, 0.25) is 0 Å². The van der Waals surface area contributed by atoms with Crippen molar-refractivity contribution in [3.05, 3.63) is 37.4 Å². The number of para-hydroxylation sites is 1. The first kappa shape index (κ1) is 5.16. The number of benzene rings is 1. The maximum absolute atomic E-state index is 3.51. The smallest absolute Gasteiger partial charge is 0.0340 e. The highest BCUT2D eigenvalue weighted by Gasteiger charge is 1.78. The van der Waals surface area contributed by atoms with Gasteiger partial charge < -0.3 is 5.32 Å². The molecule has 0 unspecified atom stereocenters. The average molecular weight is 106 g/mol. The Bertz CT molecular complexity index is 146. The van der Waals surface area contributed by atoms with Gasteiger partial charge in [0.25, 0.3) is 0 Å². The van der Waals surface area contributed by atoms with Crippen LogP contribution in [-0.4, -0.2) is 0 Å². The van der Waals surface area contributed by atoms with Gasteiger partial charge in [-0.1, -0.05) is 18.2 Å². The van der Waals surface area contributed by atoms with E-state index in [-0.39, 0.29) is 0 Å². The fraction of sp³-hybridized carbons (Fsp3) is 0. The van der Waals surface area contributed by atoms with Gasteiger partial charge in [-0.05, 0) is 12.1 Å². The minimum atomic E-state index is 1.05. The van der Waals surface area contributed by atoms with Gasteiger partial charge >= 0.3 is 0 Å². The lowest BCUT2D eigenvalue weighted by atomic mass is 10.3. The molecule has 0 aromatic heterocycles. The van der Waals surface area contributed by atoms with E-state index in [2.05, 4.69) is 12.4 Å². The zero-order valence-corrected chi connectivity index (χ0v) is 4.59. The van der Waals surface area contributed by atoms with E-state index in [0.717, 1.165) is 5.69 Å². The molecule has 0 aliphatic heterocycles. The second-order valence-corrected chi connectivity index (χ2v) is 1.54. The highest BCUT2D eigenvalue weighted by Crippen LogP contribution is 2.02. The summed E-state index contributed by atoms with van der Waals surface area (Å²) < 4.78 is 0. The Morgan fingerprint density at radius 2 is 1.75 bits per heavy atom. The van der Waals surface area contributed by atoms with Crippen LogP contribution in [0.4, 0.5) is 5.69 Å². The lowest BCUT2D eigenvalue weighted by Crippen LogP contribution is -1.80. The number of hydrogen-bond donors (Lipinski definition) is 1. The van der Waals surface area contributed by atoms with E-state index in [1.165, 1.54) is 0 Å². The van der Waals surface area contributed by atoms with Crippen molar-refractivity contribution in [1.82, 2.24) is 0 Å². The predicted octanol–water partition coefficient (Wildman–Crippen LogP) is 1.89. The molecule has 41 valence electrons. The Morgan fingerprint density at radius 3 is 2.12 bits per heavy atom. The van der Waals surface area contributed by atoms with Gasteiger partial charge in [0.2, 0.25) is 0 Å². The second-order valence-electron chi connectivity index (χ2n) is 1.54. The van der Waals surface area contributed by atoms with Crippen LogP contribution in [0.15, 0.2) is 30.3 Å². The number of nitrogens with one attached hydrogen (secondary N) is 1. The summed E-state index contributed by atoms with van der Waals surface area (Å²) in [7, 11) is 3.51. The summed E-state index contributed by atoms with van der Waals surface area (Å²) in [5, 5.41) is 2.78. The summed E-state index contributed by atoms with van der Waals surface area (Å²) in [6, 6.07) is 9.84. The van der Waals surface area contributed by atoms with Crippen LogP contribution in [0.1, 0.15) is 0 Å². The third-order valence-corrected chi connectivity index (χ3v) is 0.978. The van der Waals surface area contributed by atoms with Crippen molar-refractivity contribution in [2.24, 2.45) is 0 Å². The summed E-state index contributed by atoms with van der Waals surface area (Å²) in [6.45, 7) is 0. The van der Waals surface area contributed by atoms with E-state index in [9.17, 15) is 0 Å². The summed E-state index contributed by atoms with van der Waals surface area (Å²) in [4.78, 5) is 0. The summed E-state index contributed by atoms with van der Waals surface area (Å²) in [6.07, 6.45) is 0. The van der Waals surface area contributed by atoms with Gasteiger partial charge in [0.15, 0.2) is 0 Å². The molecule has 1 N–H and O–H groups in total. The minimum Gasteiger partial charge on any atom is -0.383 e. The van der Waals surface area contributed by atoms with Crippen molar-refractivity contribution in [3.8, 4) is 0 Å². The van der Waals surface area contributed by atoms with Gasteiger partial charge in [0, 0.05) is 12.7 Å². The summed E-state index contributed by atoms with van der Waals surface area (Å²) in [5.41, 5.74) is 1.05. The van der Waals surface area contributed by atoms with E-state index in [0.29, 0.717) is 0 Å². The molecule has 0 saturated carbocycles. The van der Waals surface area contributed by atoms with Crippen molar-refractivity contribution in [2.75, 3.05) is 5.32 Å². The molecule has 0 atom stereocenters. The number of rotatable bonds is 1. The Hall–Kier alpha value is -0.980. The van der Waals surface area contributed by atoms with Gasteiger partial charge in [-0.15, -0.1) is 0 Å². The standard InChI is InChI=1S/C7H8N/c1-8-7-5-3-2-4-6-7/h2-6,8H,1H2. The molecule has 0 spiro atoms. The third-order valence-electron chi connectivity index (χ3n) is 0.978. The van der Waals surface area contributed by atoms with Crippen molar-refractivity contribution in [1.29, 1.82) is 0 Å². The second kappa shape index (κ2) is 2.36. The van der Waals surface area contributed by atoms with Crippen LogP contribution < -0.4 is 5.32 Å². The van der Waals surface area contributed by atoms with E-state index in [1.807, 2.05) is 30.3 Å². The summed E-state index contributed by atoms with van der Waals surface area (Å²) >= 11 is 0. The highest BCUT2D eigenvalue weighted by atomic mass is 14.8. The summed E-state index contributed by atoms with van der Waals surface area (Å²) in [5.74, 6) is 0. The largest absolute Gasteiger partial charge is 0.383 e. The quantitative estimate of drug-likeness (QED) is 0.576. The fourth-order valence-corrected chi connectivity index (χ4v) is 0.556. The molecule has 0 aliphatic rings. The molecule has 1 rings (SSSR count). The van der Waals surface area contributed by atoms with Crippen molar-refractivity contribution >= 4 is 5.69 Å². The first-order valence-corrected chi connectivity index (χ1v) is 2.51. The average Bonchev–Trinajstić information content (AvgIpc) is 1.90. The van der Waals surface area contributed by atoms with Gasteiger partial charge in [0.05, 0.1) is 0 Å². The van der Waals surface area contributed by atoms with Gasteiger partial charge in [-0.25, -0.2) is 0 Å². The molecular formula is C7H8N. The van der Waals surface area contributed by atoms with Crippen LogP contribution in [0.3, 0.4) is 0 Å². The normalized spacial score (nSPS) is 8.62. The molecule has 1 aromatic carbocycles. The molecular weight excluding hydrogens is 98.1 g/mol. The number of anilines is 1. The Balaban J connectivity index is 2.83. The van der Waals surface area contributed by atoms with Crippen LogP contribution in [0.25, 0.3) is 0 Å². The van der Waals surface area contributed by atoms with Crippen LogP contribution >= 0.6 is 0 Å². The van der Waals surface area contributed by atoms with Crippen molar-refractivity contribution in [2.45, 2.75) is 0 Å². The molecule has 1 heteroatoms. The Kier molecular flexibility index (Phi) is 1.52. The van der Waals surface area contributed by atoms with E-state index in [1.54, 1.807) is 0 Å². The minimum absolute atomic E-state index is 1.05. The van der Waals surface area contributed by atoms with E-state index in [4.69, 9.17) is 0 Å². The number of hydrogen-bond acceptors (Lipinski definition) is 1. The van der Waals surface area contributed by atoms with Crippen LogP contribution in [-0.2, 0) is 0 Å². The molecule has 0 saturated heterocycles. The first-order chi connectivity index (χ1) is 3.93. The third kappa shape index (κ3) is 0.997. The molecule has 0 amide bonds. The molecule has 0 bridgehead atoms. The predicted molar refractivity (Wildman–Crippen MR) is 35.4 cm³/mol. The fourth-order valence-electron chi connectivity index (χ4n) is 0.556. The van der Waals surface area contributed by atoms with Crippen molar-refractivity contribution < 1.29 is 0 Å². The highest BCUT2D eigenvalue weighted by molar-refractivity contribution is 5.42. The zero-order valence-electron chi connectivity index (χ0n) is 4.59. The zero-order chi connectivity index (χ0) is 5.82. The maximum atomic E-state index is 3.51. The monoisotopic (exact) mass is 106 g/mol. The molecule has 0 heterocycles. The first-order valence-electron chi connectivity index (χ1n) is 2.51.